The highest BCUT2D eigenvalue weighted by Gasteiger charge is 2.45. The van der Waals surface area contributed by atoms with Crippen molar-refractivity contribution < 1.29 is 14.3 Å². The minimum absolute atomic E-state index is 0.217. The molecule has 1 aliphatic rings. The summed E-state index contributed by atoms with van der Waals surface area (Å²) in [6.07, 6.45) is 3.32. The summed E-state index contributed by atoms with van der Waals surface area (Å²) in [6.45, 7) is 3.73. The molecule has 5 heteroatoms. The molecule has 0 N–H and O–H groups in total. The molecule has 0 saturated carbocycles. The van der Waals surface area contributed by atoms with E-state index < -0.39 is 5.41 Å². The second-order valence-electron chi connectivity index (χ2n) is 5.54. The molecule has 0 fully saturated rings. The molecule has 3 rings (SSSR count). The first-order valence-corrected chi connectivity index (χ1v) is 6.72. The van der Waals surface area contributed by atoms with Gasteiger partial charge in [-0.1, -0.05) is 12.1 Å². The van der Waals surface area contributed by atoms with E-state index in [-0.39, 0.29) is 11.9 Å². The standard InChI is InChI=1S/C16H16N2O3/c1-16(2,15(19)20-3)12-10-6-4-8-17-13(10)21-14-11(12)7-5-9-18-14/h4-9,12H,1-3H3. The van der Waals surface area contributed by atoms with E-state index in [0.29, 0.717) is 11.8 Å². The molecule has 1 aliphatic heterocycles. The van der Waals surface area contributed by atoms with Gasteiger partial charge < -0.3 is 9.47 Å². The van der Waals surface area contributed by atoms with Crippen LogP contribution in [0.1, 0.15) is 30.9 Å². The van der Waals surface area contributed by atoms with Crippen LogP contribution in [0.3, 0.4) is 0 Å². The fraction of sp³-hybridized carbons (Fsp3) is 0.312. The van der Waals surface area contributed by atoms with Crippen molar-refractivity contribution in [3.63, 3.8) is 0 Å². The quantitative estimate of drug-likeness (QED) is 0.793. The fourth-order valence-corrected chi connectivity index (χ4v) is 2.83. The summed E-state index contributed by atoms with van der Waals surface area (Å²) in [5.41, 5.74) is 0.982. The van der Waals surface area contributed by atoms with Crippen LogP contribution in [0.5, 0.6) is 11.8 Å². The number of hydrogen-bond donors (Lipinski definition) is 0. The van der Waals surface area contributed by atoms with Gasteiger partial charge in [0.15, 0.2) is 0 Å². The molecule has 0 radical (unpaired) electrons. The van der Waals surface area contributed by atoms with Gasteiger partial charge in [-0.05, 0) is 26.0 Å². The predicted molar refractivity (Wildman–Crippen MR) is 76.2 cm³/mol. The summed E-state index contributed by atoms with van der Waals surface area (Å²) >= 11 is 0. The first-order valence-electron chi connectivity index (χ1n) is 6.72. The third kappa shape index (κ3) is 2.05. The monoisotopic (exact) mass is 284 g/mol. The maximum atomic E-state index is 12.2. The van der Waals surface area contributed by atoms with Gasteiger partial charge in [-0.3, -0.25) is 4.79 Å². The molecular weight excluding hydrogens is 268 g/mol. The Morgan fingerprint density at radius 3 is 2.14 bits per heavy atom. The molecule has 0 aromatic carbocycles. The molecular formula is C16H16N2O3. The zero-order valence-electron chi connectivity index (χ0n) is 12.2. The average Bonchev–Trinajstić information content (AvgIpc) is 2.51. The number of fused-ring (bicyclic) bond motifs is 2. The molecule has 0 atom stereocenters. The summed E-state index contributed by atoms with van der Waals surface area (Å²) in [4.78, 5) is 20.8. The lowest BCUT2D eigenvalue weighted by Gasteiger charge is -2.35. The molecule has 0 aliphatic carbocycles. The van der Waals surface area contributed by atoms with Crippen molar-refractivity contribution in [2.75, 3.05) is 7.11 Å². The zero-order valence-corrected chi connectivity index (χ0v) is 12.2. The number of nitrogens with zero attached hydrogens (tertiary/aromatic N) is 2. The summed E-state index contributed by atoms with van der Waals surface area (Å²) in [5.74, 6) is 0.487. The first-order chi connectivity index (χ1) is 10.1. The molecule has 108 valence electrons. The maximum Gasteiger partial charge on any atom is 0.312 e. The van der Waals surface area contributed by atoms with E-state index in [1.807, 2.05) is 38.1 Å². The highest BCUT2D eigenvalue weighted by Crippen LogP contribution is 2.50. The van der Waals surface area contributed by atoms with Gasteiger partial charge in [0.05, 0.1) is 12.5 Å². The second-order valence-corrected chi connectivity index (χ2v) is 5.54. The lowest BCUT2D eigenvalue weighted by molar-refractivity contribution is -0.151. The minimum Gasteiger partial charge on any atom is -0.469 e. The van der Waals surface area contributed by atoms with E-state index in [4.69, 9.17) is 9.47 Å². The normalized spacial score (nSPS) is 13.9. The van der Waals surface area contributed by atoms with Gasteiger partial charge in [-0.25, -0.2) is 9.97 Å². The van der Waals surface area contributed by atoms with Crippen molar-refractivity contribution in [2.24, 2.45) is 5.41 Å². The molecule has 5 nitrogen and oxygen atoms in total. The number of carbonyl (C=O) groups excluding carboxylic acids is 1. The maximum absolute atomic E-state index is 12.2. The Kier molecular flexibility index (Phi) is 3.12. The first kappa shape index (κ1) is 13.5. The van der Waals surface area contributed by atoms with Crippen LogP contribution in [0.25, 0.3) is 0 Å². The zero-order chi connectivity index (χ0) is 15.0. The van der Waals surface area contributed by atoms with Crippen molar-refractivity contribution in [1.82, 2.24) is 9.97 Å². The number of ether oxygens (including phenoxy) is 2. The van der Waals surface area contributed by atoms with Gasteiger partial charge in [0.2, 0.25) is 11.8 Å². The van der Waals surface area contributed by atoms with E-state index >= 15 is 0 Å². The van der Waals surface area contributed by atoms with Crippen LogP contribution in [0.15, 0.2) is 36.7 Å². The number of aromatic nitrogens is 2. The van der Waals surface area contributed by atoms with Crippen LogP contribution < -0.4 is 4.74 Å². The number of methoxy groups -OCH3 is 1. The highest BCUT2D eigenvalue weighted by atomic mass is 16.5. The number of carbonyl (C=O) groups is 1. The smallest absolute Gasteiger partial charge is 0.312 e. The highest BCUT2D eigenvalue weighted by molar-refractivity contribution is 5.79. The Morgan fingerprint density at radius 2 is 1.67 bits per heavy atom. The number of pyridine rings is 2. The van der Waals surface area contributed by atoms with E-state index in [9.17, 15) is 4.79 Å². The number of hydrogen-bond acceptors (Lipinski definition) is 5. The topological polar surface area (TPSA) is 61.3 Å². The van der Waals surface area contributed by atoms with Crippen LogP contribution in [-0.4, -0.2) is 23.0 Å². The minimum atomic E-state index is -0.756. The Hall–Kier alpha value is -2.43. The van der Waals surface area contributed by atoms with E-state index in [2.05, 4.69) is 9.97 Å². The summed E-state index contributed by atoms with van der Waals surface area (Å²) in [5, 5.41) is 0. The van der Waals surface area contributed by atoms with E-state index in [0.717, 1.165) is 11.1 Å². The summed E-state index contributed by atoms with van der Waals surface area (Å²) < 4.78 is 10.7. The fourth-order valence-electron chi connectivity index (χ4n) is 2.83. The van der Waals surface area contributed by atoms with E-state index in [1.165, 1.54) is 7.11 Å². The van der Waals surface area contributed by atoms with Crippen LogP contribution in [0, 0.1) is 5.41 Å². The van der Waals surface area contributed by atoms with Crippen LogP contribution >= 0.6 is 0 Å². The summed E-state index contributed by atoms with van der Waals surface area (Å²) in [7, 11) is 1.40. The lowest BCUT2D eigenvalue weighted by Crippen LogP contribution is -2.35. The third-order valence-electron chi connectivity index (χ3n) is 3.85. The Labute approximate surface area is 123 Å². The lowest BCUT2D eigenvalue weighted by atomic mass is 9.71. The predicted octanol–water partition coefficient (Wildman–Crippen LogP) is 2.91. The van der Waals surface area contributed by atoms with Crippen LogP contribution in [0.2, 0.25) is 0 Å². The number of rotatable bonds is 2. The Bertz CT molecular complexity index is 652. The number of esters is 1. The van der Waals surface area contributed by atoms with Gasteiger partial charge in [0.25, 0.3) is 0 Å². The van der Waals surface area contributed by atoms with Gasteiger partial charge >= 0.3 is 5.97 Å². The molecule has 0 saturated heterocycles. The molecule has 0 amide bonds. The Balaban J connectivity index is 2.22. The second kappa shape index (κ2) is 4.84. The van der Waals surface area contributed by atoms with Crippen LogP contribution in [0.4, 0.5) is 0 Å². The van der Waals surface area contributed by atoms with Gasteiger partial charge in [0, 0.05) is 29.4 Å². The van der Waals surface area contributed by atoms with Crippen molar-refractivity contribution in [2.45, 2.75) is 19.8 Å². The molecule has 0 unspecified atom stereocenters. The van der Waals surface area contributed by atoms with Crippen molar-refractivity contribution in [3.8, 4) is 11.8 Å². The molecule has 0 bridgehead atoms. The molecule has 3 heterocycles. The van der Waals surface area contributed by atoms with Crippen molar-refractivity contribution >= 4 is 5.97 Å². The largest absolute Gasteiger partial charge is 0.469 e. The Morgan fingerprint density at radius 1 is 1.14 bits per heavy atom. The molecule has 2 aromatic heterocycles. The third-order valence-corrected chi connectivity index (χ3v) is 3.85. The van der Waals surface area contributed by atoms with Crippen molar-refractivity contribution in [1.29, 1.82) is 0 Å². The van der Waals surface area contributed by atoms with Crippen LogP contribution in [-0.2, 0) is 9.53 Å². The average molecular weight is 284 g/mol. The SMILES string of the molecule is COC(=O)C(C)(C)C1c2cccnc2Oc2ncccc21. The van der Waals surface area contributed by atoms with Crippen molar-refractivity contribution in [3.05, 3.63) is 47.8 Å². The van der Waals surface area contributed by atoms with E-state index in [1.54, 1.807) is 12.4 Å². The van der Waals surface area contributed by atoms with Gasteiger partial charge in [-0.2, -0.15) is 0 Å². The molecule has 0 spiro atoms. The summed E-state index contributed by atoms with van der Waals surface area (Å²) in [6, 6.07) is 7.52. The van der Waals surface area contributed by atoms with Gasteiger partial charge in [-0.15, -0.1) is 0 Å². The van der Waals surface area contributed by atoms with Gasteiger partial charge in [0.1, 0.15) is 0 Å². The molecule has 2 aromatic rings. The molecule has 21 heavy (non-hydrogen) atoms.